The molecule has 0 aromatic heterocycles. The normalized spacial score (nSPS) is 12.6. The number of hydrogen-bond acceptors (Lipinski definition) is 10. The van der Waals surface area contributed by atoms with Crippen LogP contribution in [0.1, 0.15) is 56.0 Å². The summed E-state index contributed by atoms with van der Waals surface area (Å²) in [6.45, 7) is 9.77. The minimum atomic E-state index is -5.07. The largest absolute Gasteiger partial charge is 0.355 e. The predicted octanol–water partition coefficient (Wildman–Crippen LogP) is 7.19. The molecule has 0 atom stereocenters. The molecule has 5 aromatic carbocycles. The Labute approximate surface area is 320 Å². The van der Waals surface area contributed by atoms with Gasteiger partial charge in [-0.3, -0.25) is 18.2 Å². The molecular weight excluding hydrogens is 793 g/mol. The summed E-state index contributed by atoms with van der Waals surface area (Å²) in [6.07, 6.45) is 0. The van der Waals surface area contributed by atoms with E-state index in [9.17, 15) is 51.9 Å². The van der Waals surface area contributed by atoms with Crippen LogP contribution in [0.25, 0.3) is 0 Å². The van der Waals surface area contributed by atoms with Crippen molar-refractivity contribution < 1.29 is 51.9 Å². The number of aryl methyl sites for hydroxylation is 4. The molecule has 0 aliphatic heterocycles. The van der Waals surface area contributed by atoms with Gasteiger partial charge in [0.05, 0.1) is 9.79 Å². The third kappa shape index (κ3) is 8.76. The van der Waals surface area contributed by atoms with Gasteiger partial charge in [0.15, 0.2) is 0 Å². The zero-order chi connectivity index (χ0) is 41.0. The van der Waals surface area contributed by atoms with Crippen LogP contribution in [-0.4, -0.2) is 51.9 Å². The Morgan fingerprint density at radius 3 is 1.16 bits per heavy atom. The summed E-state index contributed by atoms with van der Waals surface area (Å²) in [5, 5.41) is 6.35. The number of hydrogen-bond donors (Lipinski definition) is 6. The lowest BCUT2D eigenvalue weighted by Crippen LogP contribution is -2.12. The van der Waals surface area contributed by atoms with Gasteiger partial charge in [-0.05, 0) is 128 Å². The topological polar surface area (TPSA) is 242 Å². The highest BCUT2D eigenvalue weighted by Crippen LogP contribution is 2.39. The third-order valence-electron chi connectivity index (χ3n) is 9.22. The van der Waals surface area contributed by atoms with Crippen molar-refractivity contribution in [3.05, 3.63) is 129 Å². The Kier molecular flexibility index (Phi) is 11.1. The highest BCUT2D eigenvalue weighted by molar-refractivity contribution is 7.87. The van der Waals surface area contributed by atoms with E-state index in [2.05, 4.69) is 10.6 Å². The van der Waals surface area contributed by atoms with Gasteiger partial charge >= 0.3 is 0 Å². The van der Waals surface area contributed by atoms with E-state index in [1.165, 1.54) is 6.07 Å². The van der Waals surface area contributed by atoms with Crippen LogP contribution < -0.4 is 10.6 Å². The van der Waals surface area contributed by atoms with Crippen LogP contribution in [0.15, 0.2) is 98.4 Å². The molecule has 14 nitrogen and oxygen atoms in total. The van der Waals surface area contributed by atoms with E-state index in [0.29, 0.717) is 62.2 Å². The van der Waals surface area contributed by atoms with Gasteiger partial charge in [-0.15, -0.1) is 0 Å². The molecule has 0 heterocycles. The lowest BCUT2D eigenvalue weighted by molar-refractivity contribution is 0.477. The van der Waals surface area contributed by atoms with Crippen molar-refractivity contribution in [1.29, 1.82) is 0 Å². The molecule has 292 valence electrons. The van der Waals surface area contributed by atoms with E-state index in [-0.39, 0.29) is 26.5 Å². The molecule has 0 unspecified atom stereocenters. The summed E-state index contributed by atoms with van der Waals surface area (Å²) < 4.78 is 138. The SMILES string of the molecule is Cc1cc(C)c(S(=O)(=O)O)c(C)c1Nc1ccc(C(c2ccc(Nc3c(C)cc(C)c(S(=O)(=O)O)c3C)cc2)c2ccc(S(=O)(=O)O)cc2S(=O)(=O)O)cc1. The zero-order valence-electron chi connectivity index (χ0n) is 30.3. The lowest BCUT2D eigenvalue weighted by Gasteiger charge is -2.23. The van der Waals surface area contributed by atoms with E-state index in [1.807, 2.05) is 0 Å². The van der Waals surface area contributed by atoms with Crippen LogP contribution in [0.4, 0.5) is 22.7 Å². The molecule has 5 rings (SSSR count). The van der Waals surface area contributed by atoms with Gasteiger partial charge in [-0.2, -0.15) is 33.7 Å². The second-order valence-corrected chi connectivity index (χ2v) is 18.7. The molecule has 5 aromatic rings. The van der Waals surface area contributed by atoms with Crippen molar-refractivity contribution in [2.75, 3.05) is 10.6 Å². The maximum atomic E-state index is 12.7. The van der Waals surface area contributed by atoms with Crippen molar-refractivity contribution in [1.82, 2.24) is 0 Å². The molecule has 6 N–H and O–H groups in total. The van der Waals surface area contributed by atoms with E-state index in [0.717, 1.165) is 6.07 Å². The van der Waals surface area contributed by atoms with Gasteiger partial charge in [0.1, 0.15) is 9.79 Å². The quantitative estimate of drug-likeness (QED) is 0.0570. The molecule has 0 aliphatic rings. The van der Waals surface area contributed by atoms with E-state index in [4.69, 9.17) is 0 Å². The first-order valence-corrected chi connectivity index (χ1v) is 22.0. The van der Waals surface area contributed by atoms with Crippen LogP contribution in [0.2, 0.25) is 0 Å². The van der Waals surface area contributed by atoms with Crippen molar-refractivity contribution in [2.24, 2.45) is 0 Å². The van der Waals surface area contributed by atoms with Gasteiger partial charge in [-0.25, -0.2) is 0 Å². The van der Waals surface area contributed by atoms with E-state index >= 15 is 0 Å². The van der Waals surface area contributed by atoms with Crippen LogP contribution in [0.3, 0.4) is 0 Å². The zero-order valence-corrected chi connectivity index (χ0v) is 33.5. The van der Waals surface area contributed by atoms with Gasteiger partial charge in [0.25, 0.3) is 40.5 Å². The minimum absolute atomic E-state index is 0.0395. The van der Waals surface area contributed by atoms with Crippen LogP contribution in [0.5, 0.6) is 0 Å². The van der Waals surface area contributed by atoms with Gasteiger partial charge in [0.2, 0.25) is 0 Å². The molecule has 0 fully saturated rings. The average Bonchev–Trinajstić information content (AvgIpc) is 3.04. The second-order valence-electron chi connectivity index (χ2n) is 13.2. The molecule has 0 bridgehead atoms. The molecule has 55 heavy (non-hydrogen) atoms. The first-order chi connectivity index (χ1) is 25.3. The summed E-state index contributed by atoms with van der Waals surface area (Å²) in [6, 6.07) is 19.2. The van der Waals surface area contributed by atoms with Crippen LogP contribution in [-0.2, 0) is 40.5 Å². The number of nitrogens with one attached hydrogen (secondary N) is 2. The summed E-state index contributed by atoms with van der Waals surface area (Å²) in [7, 11) is -19.0. The van der Waals surface area contributed by atoms with Gasteiger partial charge in [0, 0.05) is 28.7 Å². The standard InChI is InChI=1S/C37H38N2O12S4/c1-20-17-22(3)36(54(46,47)48)24(5)34(20)38-28-11-7-26(8-12-28)33(31-16-15-30(52(40,41)42)19-32(31)53(43,44)45)27-9-13-29(14-10-27)39-35-21(2)18-23(4)37(25(35)6)55(49,50)51/h7-19,33,38-39H,1-6H3,(H,40,41,42)(H,43,44,45)(H,46,47,48)(H,49,50,51). The van der Waals surface area contributed by atoms with Crippen LogP contribution >= 0.6 is 0 Å². The molecule has 0 spiro atoms. The Balaban J connectivity index is 1.63. The Morgan fingerprint density at radius 2 is 0.836 bits per heavy atom. The summed E-state index contributed by atoms with van der Waals surface area (Å²) >= 11 is 0. The fourth-order valence-corrected chi connectivity index (χ4v) is 10.3. The van der Waals surface area contributed by atoms with E-state index < -0.39 is 56.2 Å². The fraction of sp³-hybridized carbons (Fsp3) is 0.189. The Hall–Kier alpha value is -4.66. The average molecular weight is 831 g/mol. The summed E-state index contributed by atoms with van der Waals surface area (Å²) in [5.41, 5.74) is 5.44. The van der Waals surface area contributed by atoms with Crippen molar-refractivity contribution in [3.63, 3.8) is 0 Å². The molecule has 18 heteroatoms. The first kappa shape index (κ1) is 41.5. The molecule has 0 aliphatic carbocycles. The molecule has 0 saturated carbocycles. The second kappa shape index (κ2) is 14.8. The maximum Gasteiger partial charge on any atom is 0.295 e. The predicted molar refractivity (Wildman–Crippen MR) is 207 cm³/mol. The maximum absolute atomic E-state index is 12.7. The highest BCUT2D eigenvalue weighted by Gasteiger charge is 2.28. The Bertz CT molecular complexity index is 2660. The fourth-order valence-electron chi connectivity index (χ4n) is 7.01. The summed E-state index contributed by atoms with van der Waals surface area (Å²) in [5.74, 6) is -0.974. The number of rotatable bonds is 11. The lowest BCUT2D eigenvalue weighted by atomic mass is 9.85. The molecule has 0 radical (unpaired) electrons. The minimum Gasteiger partial charge on any atom is -0.355 e. The van der Waals surface area contributed by atoms with Gasteiger partial charge < -0.3 is 10.6 Å². The van der Waals surface area contributed by atoms with Crippen LogP contribution in [0, 0.1) is 41.5 Å². The first-order valence-electron chi connectivity index (χ1n) is 16.3. The smallest absolute Gasteiger partial charge is 0.295 e. The third-order valence-corrected chi connectivity index (χ3v) is 13.3. The Morgan fingerprint density at radius 1 is 0.455 bits per heavy atom. The molecule has 0 saturated heterocycles. The van der Waals surface area contributed by atoms with E-state index in [1.54, 1.807) is 102 Å². The van der Waals surface area contributed by atoms with Crippen molar-refractivity contribution in [3.8, 4) is 0 Å². The van der Waals surface area contributed by atoms with Crippen molar-refractivity contribution >= 4 is 63.2 Å². The van der Waals surface area contributed by atoms with Crippen molar-refractivity contribution in [2.45, 2.75) is 67.0 Å². The molecule has 0 amide bonds. The highest BCUT2D eigenvalue weighted by atomic mass is 32.2. The number of anilines is 4. The monoisotopic (exact) mass is 830 g/mol. The number of benzene rings is 5. The molecular formula is C37H38N2O12S4. The summed E-state index contributed by atoms with van der Waals surface area (Å²) in [4.78, 5) is -1.99. The van der Waals surface area contributed by atoms with Gasteiger partial charge in [-0.1, -0.05) is 42.5 Å².